The monoisotopic (exact) mass is 255 g/mol. The fourth-order valence-corrected chi connectivity index (χ4v) is 2.18. The summed E-state index contributed by atoms with van der Waals surface area (Å²) >= 11 is 0. The van der Waals surface area contributed by atoms with Gasteiger partial charge in [0.05, 0.1) is 0 Å². The van der Waals surface area contributed by atoms with Gasteiger partial charge in [-0.3, -0.25) is 0 Å². The Morgan fingerprint density at radius 3 is 2.53 bits per heavy atom. The standard InChI is InChI=1S/C16H21N3/c1-4-19(15-9-7-13(2)8-10-15)16-14(12-17-3)6-5-11-18-16/h5-11,17H,4,12H2,1-3H3. The molecule has 0 atom stereocenters. The Hall–Kier alpha value is -1.87. The maximum absolute atomic E-state index is 4.55. The summed E-state index contributed by atoms with van der Waals surface area (Å²) < 4.78 is 0. The van der Waals surface area contributed by atoms with Gasteiger partial charge in [0.2, 0.25) is 0 Å². The molecule has 3 heteroatoms. The third kappa shape index (κ3) is 3.12. The highest BCUT2D eigenvalue weighted by Gasteiger charge is 2.12. The fourth-order valence-electron chi connectivity index (χ4n) is 2.18. The molecular weight excluding hydrogens is 234 g/mol. The number of pyridine rings is 1. The molecule has 0 aliphatic carbocycles. The van der Waals surface area contributed by atoms with Crippen molar-refractivity contribution in [1.29, 1.82) is 0 Å². The van der Waals surface area contributed by atoms with Crippen molar-refractivity contribution >= 4 is 11.5 Å². The summed E-state index contributed by atoms with van der Waals surface area (Å²) in [5, 5.41) is 3.20. The highest BCUT2D eigenvalue weighted by Crippen LogP contribution is 2.26. The summed E-state index contributed by atoms with van der Waals surface area (Å²) in [4.78, 5) is 6.80. The van der Waals surface area contributed by atoms with Crippen molar-refractivity contribution in [3.05, 3.63) is 53.7 Å². The van der Waals surface area contributed by atoms with E-state index in [1.54, 1.807) is 0 Å². The maximum Gasteiger partial charge on any atom is 0.137 e. The van der Waals surface area contributed by atoms with Gasteiger partial charge >= 0.3 is 0 Å². The molecule has 0 radical (unpaired) electrons. The van der Waals surface area contributed by atoms with Gasteiger partial charge in [0.15, 0.2) is 0 Å². The van der Waals surface area contributed by atoms with Crippen LogP contribution in [0.3, 0.4) is 0 Å². The normalized spacial score (nSPS) is 10.5. The van der Waals surface area contributed by atoms with Crippen molar-refractivity contribution < 1.29 is 0 Å². The molecule has 1 heterocycles. The van der Waals surface area contributed by atoms with Crippen molar-refractivity contribution in [2.45, 2.75) is 20.4 Å². The zero-order valence-corrected chi connectivity index (χ0v) is 11.9. The van der Waals surface area contributed by atoms with Gasteiger partial charge < -0.3 is 10.2 Å². The second-order valence-corrected chi connectivity index (χ2v) is 4.60. The van der Waals surface area contributed by atoms with Crippen LogP contribution in [-0.4, -0.2) is 18.6 Å². The number of nitrogens with one attached hydrogen (secondary N) is 1. The molecule has 3 nitrogen and oxygen atoms in total. The van der Waals surface area contributed by atoms with E-state index in [1.165, 1.54) is 16.8 Å². The van der Waals surface area contributed by atoms with Crippen LogP contribution >= 0.6 is 0 Å². The van der Waals surface area contributed by atoms with Crippen LogP contribution in [0.1, 0.15) is 18.1 Å². The van der Waals surface area contributed by atoms with Crippen molar-refractivity contribution in [3.8, 4) is 0 Å². The van der Waals surface area contributed by atoms with Gasteiger partial charge in [-0.2, -0.15) is 0 Å². The first kappa shape index (κ1) is 13.6. The molecule has 0 amide bonds. The molecule has 19 heavy (non-hydrogen) atoms. The molecule has 1 N–H and O–H groups in total. The number of aromatic nitrogens is 1. The van der Waals surface area contributed by atoms with Gasteiger partial charge in [0, 0.05) is 30.5 Å². The van der Waals surface area contributed by atoms with Crippen molar-refractivity contribution in [3.63, 3.8) is 0 Å². The molecule has 100 valence electrons. The Balaban J connectivity index is 2.39. The lowest BCUT2D eigenvalue weighted by atomic mass is 10.2. The van der Waals surface area contributed by atoms with Crippen molar-refractivity contribution in [1.82, 2.24) is 10.3 Å². The number of rotatable bonds is 5. The van der Waals surface area contributed by atoms with E-state index >= 15 is 0 Å². The quantitative estimate of drug-likeness (QED) is 0.888. The van der Waals surface area contributed by atoms with Gasteiger partial charge in [0.25, 0.3) is 0 Å². The zero-order chi connectivity index (χ0) is 13.7. The van der Waals surface area contributed by atoms with Crippen LogP contribution in [0.4, 0.5) is 11.5 Å². The average Bonchev–Trinajstić information content (AvgIpc) is 2.44. The molecule has 0 saturated heterocycles. The SMILES string of the molecule is CCN(c1ccc(C)cc1)c1ncccc1CNC. The topological polar surface area (TPSA) is 28.2 Å². The molecule has 0 saturated carbocycles. The number of benzene rings is 1. The summed E-state index contributed by atoms with van der Waals surface area (Å²) in [6.45, 7) is 5.98. The third-order valence-corrected chi connectivity index (χ3v) is 3.15. The molecule has 0 spiro atoms. The molecule has 2 aromatic rings. The smallest absolute Gasteiger partial charge is 0.137 e. The van der Waals surface area contributed by atoms with Crippen molar-refractivity contribution in [2.75, 3.05) is 18.5 Å². The average molecular weight is 255 g/mol. The van der Waals surface area contributed by atoms with Crippen LogP contribution in [-0.2, 0) is 6.54 Å². The minimum atomic E-state index is 0.825. The summed E-state index contributed by atoms with van der Waals surface area (Å²) in [5.41, 5.74) is 3.67. The Labute approximate surface area is 115 Å². The van der Waals surface area contributed by atoms with E-state index in [0.29, 0.717) is 0 Å². The predicted octanol–water partition coefficient (Wildman–Crippen LogP) is 3.27. The molecule has 2 rings (SSSR count). The molecule has 1 aromatic carbocycles. The van der Waals surface area contributed by atoms with E-state index in [9.17, 15) is 0 Å². The Bertz CT molecular complexity index is 520. The Morgan fingerprint density at radius 2 is 1.89 bits per heavy atom. The minimum Gasteiger partial charge on any atom is -0.326 e. The lowest BCUT2D eigenvalue weighted by Crippen LogP contribution is -2.20. The van der Waals surface area contributed by atoms with E-state index in [4.69, 9.17) is 0 Å². The number of hydrogen-bond donors (Lipinski definition) is 1. The molecule has 0 bridgehead atoms. The van der Waals surface area contributed by atoms with E-state index in [1.807, 2.05) is 19.3 Å². The maximum atomic E-state index is 4.55. The van der Waals surface area contributed by atoms with Gasteiger partial charge in [-0.05, 0) is 39.1 Å². The fraction of sp³-hybridized carbons (Fsp3) is 0.312. The predicted molar refractivity (Wildman–Crippen MR) is 80.9 cm³/mol. The van der Waals surface area contributed by atoms with Crippen LogP contribution in [0, 0.1) is 6.92 Å². The molecular formula is C16H21N3. The zero-order valence-electron chi connectivity index (χ0n) is 11.9. The van der Waals surface area contributed by atoms with Gasteiger partial charge in [-0.15, -0.1) is 0 Å². The van der Waals surface area contributed by atoms with Crippen LogP contribution in [0.2, 0.25) is 0 Å². The summed E-state index contributed by atoms with van der Waals surface area (Å²) in [6, 6.07) is 12.7. The van der Waals surface area contributed by atoms with E-state index in [2.05, 4.69) is 59.4 Å². The summed E-state index contributed by atoms with van der Waals surface area (Å²) in [5.74, 6) is 1.03. The first-order valence-electron chi connectivity index (χ1n) is 6.69. The van der Waals surface area contributed by atoms with E-state index in [0.717, 1.165) is 18.9 Å². The first-order valence-corrected chi connectivity index (χ1v) is 6.69. The molecule has 0 unspecified atom stereocenters. The number of aryl methyl sites for hydroxylation is 1. The molecule has 0 aliphatic heterocycles. The molecule has 0 aliphatic rings. The van der Waals surface area contributed by atoms with Crippen molar-refractivity contribution in [2.24, 2.45) is 0 Å². The number of anilines is 2. The van der Waals surface area contributed by atoms with Crippen LogP contribution in [0.15, 0.2) is 42.6 Å². The second kappa shape index (κ2) is 6.34. The lowest BCUT2D eigenvalue weighted by Gasteiger charge is -2.24. The van der Waals surface area contributed by atoms with Gasteiger partial charge in [-0.25, -0.2) is 4.98 Å². The lowest BCUT2D eigenvalue weighted by molar-refractivity contribution is 0.806. The van der Waals surface area contributed by atoms with E-state index in [-0.39, 0.29) is 0 Å². The minimum absolute atomic E-state index is 0.825. The largest absolute Gasteiger partial charge is 0.326 e. The van der Waals surface area contributed by atoms with Crippen LogP contribution in [0.25, 0.3) is 0 Å². The van der Waals surface area contributed by atoms with Gasteiger partial charge in [0.1, 0.15) is 5.82 Å². The summed E-state index contributed by atoms with van der Waals surface area (Å²) in [7, 11) is 1.96. The second-order valence-electron chi connectivity index (χ2n) is 4.60. The highest BCUT2D eigenvalue weighted by molar-refractivity contribution is 5.63. The summed E-state index contributed by atoms with van der Waals surface area (Å²) in [6.07, 6.45) is 1.85. The Kier molecular flexibility index (Phi) is 4.53. The molecule has 1 aromatic heterocycles. The van der Waals surface area contributed by atoms with E-state index < -0.39 is 0 Å². The van der Waals surface area contributed by atoms with Crippen LogP contribution < -0.4 is 10.2 Å². The Morgan fingerprint density at radius 1 is 1.16 bits per heavy atom. The number of nitrogens with zero attached hydrogens (tertiary/aromatic N) is 2. The molecule has 0 fully saturated rings. The highest BCUT2D eigenvalue weighted by atomic mass is 15.2. The first-order chi connectivity index (χ1) is 9.26. The third-order valence-electron chi connectivity index (χ3n) is 3.15. The number of hydrogen-bond acceptors (Lipinski definition) is 3. The van der Waals surface area contributed by atoms with Crippen LogP contribution in [0.5, 0.6) is 0 Å². The van der Waals surface area contributed by atoms with Gasteiger partial charge in [-0.1, -0.05) is 23.8 Å².